The molecule has 5 nitrogen and oxygen atoms in total. The van der Waals surface area contributed by atoms with Gasteiger partial charge in [0.15, 0.2) is 0 Å². The van der Waals surface area contributed by atoms with Crippen LogP contribution in [0.2, 0.25) is 0 Å². The molecular formula is C12H21N3O2. The summed E-state index contributed by atoms with van der Waals surface area (Å²) in [6.07, 6.45) is 4.37. The van der Waals surface area contributed by atoms with Gasteiger partial charge in [-0.2, -0.15) is 0 Å². The van der Waals surface area contributed by atoms with E-state index < -0.39 is 0 Å². The van der Waals surface area contributed by atoms with Crippen molar-refractivity contribution in [2.24, 2.45) is 5.73 Å². The van der Waals surface area contributed by atoms with Gasteiger partial charge in [0, 0.05) is 38.0 Å². The van der Waals surface area contributed by atoms with Crippen LogP contribution in [0.5, 0.6) is 0 Å². The van der Waals surface area contributed by atoms with Gasteiger partial charge in [0.1, 0.15) is 0 Å². The van der Waals surface area contributed by atoms with Gasteiger partial charge in [-0.3, -0.25) is 9.59 Å². The smallest absolute Gasteiger partial charge is 0.224 e. The maximum absolute atomic E-state index is 12.0. The third-order valence-corrected chi connectivity index (χ3v) is 3.80. The number of amides is 2. The zero-order chi connectivity index (χ0) is 12.5. The molecule has 5 heteroatoms. The van der Waals surface area contributed by atoms with E-state index in [0.717, 1.165) is 32.2 Å². The highest BCUT2D eigenvalue weighted by Crippen LogP contribution is 2.32. The summed E-state index contributed by atoms with van der Waals surface area (Å²) in [5.41, 5.74) is 5.82. The van der Waals surface area contributed by atoms with Gasteiger partial charge in [-0.05, 0) is 25.7 Å². The van der Waals surface area contributed by atoms with Crippen molar-refractivity contribution >= 4 is 11.8 Å². The van der Waals surface area contributed by atoms with E-state index in [4.69, 9.17) is 5.73 Å². The van der Waals surface area contributed by atoms with E-state index in [1.807, 2.05) is 4.90 Å². The minimum Gasteiger partial charge on any atom is -0.352 e. The second-order valence-electron chi connectivity index (χ2n) is 5.42. The number of nitrogens with zero attached hydrogens (tertiary/aromatic N) is 1. The molecule has 0 aromatic carbocycles. The SMILES string of the molecule is CC(=O)NC1CCN(C(=O)CC2(N)CCC2)C1. The van der Waals surface area contributed by atoms with E-state index in [1.165, 1.54) is 6.92 Å². The first kappa shape index (κ1) is 12.4. The molecule has 0 radical (unpaired) electrons. The van der Waals surface area contributed by atoms with Crippen molar-refractivity contribution in [2.75, 3.05) is 13.1 Å². The number of carbonyl (C=O) groups is 2. The molecule has 1 saturated heterocycles. The molecule has 1 saturated carbocycles. The van der Waals surface area contributed by atoms with Crippen molar-refractivity contribution in [3.05, 3.63) is 0 Å². The minimum absolute atomic E-state index is 0.0291. The highest BCUT2D eigenvalue weighted by atomic mass is 16.2. The molecule has 0 aromatic heterocycles. The number of nitrogens with two attached hydrogens (primary N) is 1. The number of likely N-dealkylation sites (tertiary alicyclic amines) is 1. The summed E-state index contributed by atoms with van der Waals surface area (Å²) in [6.45, 7) is 2.88. The lowest BCUT2D eigenvalue weighted by Crippen LogP contribution is -2.50. The van der Waals surface area contributed by atoms with E-state index in [-0.39, 0.29) is 23.4 Å². The molecule has 2 fully saturated rings. The van der Waals surface area contributed by atoms with Crippen LogP contribution >= 0.6 is 0 Å². The molecule has 17 heavy (non-hydrogen) atoms. The van der Waals surface area contributed by atoms with Gasteiger partial charge < -0.3 is 16.0 Å². The van der Waals surface area contributed by atoms with Gasteiger partial charge in [-0.1, -0.05) is 0 Å². The van der Waals surface area contributed by atoms with Gasteiger partial charge in [0.25, 0.3) is 0 Å². The fourth-order valence-electron chi connectivity index (χ4n) is 2.61. The second kappa shape index (κ2) is 4.64. The Morgan fingerprint density at radius 3 is 2.71 bits per heavy atom. The number of carbonyl (C=O) groups excluding carboxylic acids is 2. The van der Waals surface area contributed by atoms with Crippen LogP contribution in [0.3, 0.4) is 0 Å². The quantitative estimate of drug-likeness (QED) is 0.727. The number of rotatable bonds is 3. The molecule has 2 aliphatic rings. The average molecular weight is 239 g/mol. The Morgan fingerprint density at radius 2 is 2.18 bits per heavy atom. The van der Waals surface area contributed by atoms with Crippen molar-refractivity contribution in [3.63, 3.8) is 0 Å². The number of hydrogen-bond donors (Lipinski definition) is 2. The maximum Gasteiger partial charge on any atom is 0.224 e. The van der Waals surface area contributed by atoms with Crippen LogP contribution in [-0.2, 0) is 9.59 Å². The summed E-state index contributed by atoms with van der Waals surface area (Å²) in [5.74, 6) is 0.110. The Morgan fingerprint density at radius 1 is 1.47 bits per heavy atom. The van der Waals surface area contributed by atoms with Crippen LogP contribution in [0.25, 0.3) is 0 Å². The molecule has 1 atom stereocenters. The predicted molar refractivity (Wildman–Crippen MR) is 64.2 cm³/mol. The van der Waals surface area contributed by atoms with Crippen LogP contribution in [0.4, 0.5) is 0 Å². The number of hydrogen-bond acceptors (Lipinski definition) is 3. The summed E-state index contributed by atoms with van der Waals surface area (Å²) in [7, 11) is 0. The van der Waals surface area contributed by atoms with Crippen molar-refractivity contribution < 1.29 is 9.59 Å². The fraction of sp³-hybridized carbons (Fsp3) is 0.833. The Kier molecular flexibility index (Phi) is 3.38. The summed E-state index contributed by atoms with van der Waals surface area (Å²) in [6, 6.07) is 0.117. The van der Waals surface area contributed by atoms with E-state index in [2.05, 4.69) is 5.32 Å². The van der Waals surface area contributed by atoms with Crippen LogP contribution < -0.4 is 11.1 Å². The molecule has 1 aliphatic carbocycles. The largest absolute Gasteiger partial charge is 0.352 e. The third-order valence-electron chi connectivity index (χ3n) is 3.80. The summed E-state index contributed by atoms with van der Waals surface area (Å²) < 4.78 is 0. The Bertz CT molecular complexity index is 326. The van der Waals surface area contributed by atoms with Gasteiger partial charge in [-0.15, -0.1) is 0 Å². The molecule has 2 amide bonds. The molecule has 1 aliphatic heterocycles. The lowest BCUT2D eigenvalue weighted by molar-refractivity contribution is -0.132. The van der Waals surface area contributed by atoms with E-state index in [0.29, 0.717) is 13.0 Å². The van der Waals surface area contributed by atoms with Gasteiger partial charge in [-0.25, -0.2) is 0 Å². The highest BCUT2D eigenvalue weighted by molar-refractivity contribution is 5.78. The topological polar surface area (TPSA) is 75.4 Å². The molecule has 0 bridgehead atoms. The Hall–Kier alpha value is -1.10. The second-order valence-corrected chi connectivity index (χ2v) is 5.42. The van der Waals surface area contributed by atoms with E-state index in [9.17, 15) is 9.59 Å². The summed E-state index contributed by atoms with van der Waals surface area (Å²) >= 11 is 0. The zero-order valence-electron chi connectivity index (χ0n) is 10.4. The molecular weight excluding hydrogens is 218 g/mol. The number of nitrogens with one attached hydrogen (secondary N) is 1. The summed E-state index contributed by atoms with van der Waals surface area (Å²) in [4.78, 5) is 24.8. The molecule has 3 N–H and O–H groups in total. The molecule has 2 rings (SSSR count). The van der Waals surface area contributed by atoms with Crippen molar-refractivity contribution in [3.8, 4) is 0 Å². The summed E-state index contributed by atoms with van der Waals surface area (Å²) in [5, 5.41) is 2.85. The molecule has 96 valence electrons. The van der Waals surface area contributed by atoms with Crippen molar-refractivity contribution in [1.29, 1.82) is 0 Å². The average Bonchev–Trinajstić information content (AvgIpc) is 2.62. The molecule has 1 unspecified atom stereocenters. The predicted octanol–water partition coefficient (Wildman–Crippen LogP) is -0.00510. The van der Waals surface area contributed by atoms with Crippen molar-refractivity contribution in [1.82, 2.24) is 10.2 Å². The van der Waals surface area contributed by atoms with Crippen LogP contribution in [0.15, 0.2) is 0 Å². The zero-order valence-corrected chi connectivity index (χ0v) is 10.4. The maximum atomic E-state index is 12.0. The first-order valence-electron chi connectivity index (χ1n) is 6.32. The third kappa shape index (κ3) is 2.97. The van der Waals surface area contributed by atoms with Gasteiger partial charge in [0.2, 0.25) is 11.8 Å². The first-order chi connectivity index (χ1) is 7.98. The van der Waals surface area contributed by atoms with E-state index >= 15 is 0 Å². The minimum atomic E-state index is -0.247. The van der Waals surface area contributed by atoms with Crippen molar-refractivity contribution in [2.45, 2.75) is 50.6 Å². The molecule has 1 heterocycles. The Balaban J connectivity index is 1.79. The monoisotopic (exact) mass is 239 g/mol. The van der Waals surface area contributed by atoms with Gasteiger partial charge in [0.05, 0.1) is 0 Å². The highest BCUT2D eigenvalue weighted by Gasteiger charge is 2.37. The van der Waals surface area contributed by atoms with Crippen LogP contribution in [0, 0.1) is 0 Å². The first-order valence-corrected chi connectivity index (χ1v) is 6.32. The van der Waals surface area contributed by atoms with Crippen LogP contribution in [-0.4, -0.2) is 41.4 Å². The molecule has 0 aromatic rings. The standard InChI is InChI=1S/C12H21N3O2/c1-9(16)14-10-3-6-15(8-10)11(17)7-12(13)4-2-5-12/h10H,2-8,13H2,1H3,(H,14,16). The lowest BCUT2D eigenvalue weighted by Gasteiger charge is -2.38. The lowest BCUT2D eigenvalue weighted by atomic mass is 9.75. The Labute approximate surface area is 102 Å². The van der Waals surface area contributed by atoms with Crippen LogP contribution in [0.1, 0.15) is 39.0 Å². The normalized spacial score (nSPS) is 26.5. The fourth-order valence-corrected chi connectivity index (χ4v) is 2.61. The van der Waals surface area contributed by atoms with E-state index in [1.54, 1.807) is 0 Å². The molecule has 0 spiro atoms. The van der Waals surface area contributed by atoms with Gasteiger partial charge >= 0.3 is 0 Å².